The van der Waals surface area contributed by atoms with E-state index in [1.807, 2.05) is 0 Å². The van der Waals surface area contributed by atoms with Crippen LogP contribution in [-0.2, 0) is 14.3 Å². The van der Waals surface area contributed by atoms with Gasteiger partial charge in [0.15, 0.2) is 23.9 Å². The maximum atomic E-state index is 12.2. The van der Waals surface area contributed by atoms with Crippen molar-refractivity contribution in [2.24, 2.45) is 5.92 Å². The number of methoxy groups -OCH3 is 2. The van der Waals surface area contributed by atoms with Gasteiger partial charge in [-0.1, -0.05) is 26.0 Å². The molecule has 0 unspecified atom stereocenters. The second-order valence-electron chi connectivity index (χ2n) is 6.67. The van der Waals surface area contributed by atoms with Crippen LogP contribution in [0.25, 0.3) is 6.08 Å². The molecule has 158 valence electrons. The highest BCUT2D eigenvalue weighted by atomic mass is 16.5. The number of para-hydroxylation sites is 1. The van der Waals surface area contributed by atoms with Crippen molar-refractivity contribution >= 4 is 29.4 Å². The van der Waals surface area contributed by atoms with Crippen LogP contribution >= 0.6 is 0 Å². The third-order valence-corrected chi connectivity index (χ3v) is 4.18. The minimum atomic E-state index is -0.658. The first-order valence-corrected chi connectivity index (χ1v) is 9.35. The zero-order valence-corrected chi connectivity index (χ0v) is 17.4. The second-order valence-corrected chi connectivity index (χ2v) is 6.67. The summed E-state index contributed by atoms with van der Waals surface area (Å²) in [4.78, 5) is 35.9. The highest BCUT2D eigenvalue weighted by Crippen LogP contribution is 2.31. The van der Waals surface area contributed by atoms with Crippen molar-refractivity contribution < 1.29 is 28.6 Å². The zero-order valence-electron chi connectivity index (χ0n) is 17.4. The number of ether oxygens (including phenoxy) is 3. The Morgan fingerprint density at radius 1 is 1.00 bits per heavy atom. The number of anilines is 1. The van der Waals surface area contributed by atoms with Crippen LogP contribution in [0.1, 0.15) is 29.8 Å². The molecule has 2 aromatic carbocycles. The van der Waals surface area contributed by atoms with Crippen molar-refractivity contribution in [1.29, 1.82) is 0 Å². The maximum Gasteiger partial charge on any atom is 0.331 e. The van der Waals surface area contributed by atoms with E-state index in [2.05, 4.69) is 5.32 Å². The van der Waals surface area contributed by atoms with E-state index in [-0.39, 0.29) is 17.6 Å². The molecule has 0 fully saturated rings. The molecule has 0 aliphatic rings. The molecule has 1 amide bonds. The van der Waals surface area contributed by atoms with Gasteiger partial charge in [0.2, 0.25) is 5.91 Å². The fourth-order valence-corrected chi connectivity index (χ4v) is 2.50. The molecule has 7 nitrogen and oxygen atoms in total. The lowest BCUT2D eigenvalue weighted by atomic mass is 10.1. The summed E-state index contributed by atoms with van der Waals surface area (Å²) in [7, 11) is 3.03. The van der Waals surface area contributed by atoms with E-state index < -0.39 is 12.6 Å². The Morgan fingerprint density at radius 3 is 2.30 bits per heavy atom. The first-order valence-electron chi connectivity index (χ1n) is 9.35. The quantitative estimate of drug-likeness (QED) is 0.384. The van der Waals surface area contributed by atoms with E-state index in [4.69, 9.17) is 14.2 Å². The monoisotopic (exact) mass is 411 g/mol. The van der Waals surface area contributed by atoms with Crippen molar-refractivity contribution in [3.05, 3.63) is 59.7 Å². The fraction of sp³-hybridized carbons (Fsp3) is 0.261. The first-order chi connectivity index (χ1) is 14.3. The van der Waals surface area contributed by atoms with Gasteiger partial charge in [-0.2, -0.15) is 0 Å². The minimum Gasteiger partial charge on any atom is -0.493 e. The van der Waals surface area contributed by atoms with Crippen molar-refractivity contribution in [2.75, 3.05) is 26.1 Å². The molecule has 0 spiro atoms. The molecule has 7 heteroatoms. The summed E-state index contributed by atoms with van der Waals surface area (Å²) in [5.74, 6) is -0.231. The zero-order chi connectivity index (χ0) is 22.1. The number of carbonyl (C=O) groups is 3. The number of carbonyl (C=O) groups excluding carboxylic acids is 3. The van der Waals surface area contributed by atoms with E-state index in [1.54, 1.807) is 56.3 Å². The highest BCUT2D eigenvalue weighted by molar-refractivity contribution is 5.99. The molecule has 0 atom stereocenters. The maximum absolute atomic E-state index is 12.2. The molecule has 30 heavy (non-hydrogen) atoms. The largest absolute Gasteiger partial charge is 0.493 e. The van der Waals surface area contributed by atoms with Gasteiger partial charge >= 0.3 is 5.97 Å². The predicted octanol–water partition coefficient (Wildman–Crippen LogP) is 3.74. The number of hydrogen-bond acceptors (Lipinski definition) is 6. The van der Waals surface area contributed by atoms with Gasteiger partial charge in [-0.25, -0.2) is 4.79 Å². The van der Waals surface area contributed by atoms with Crippen LogP contribution in [0.3, 0.4) is 0 Å². The number of ketones is 1. The number of nitrogens with one attached hydrogen (secondary N) is 1. The van der Waals surface area contributed by atoms with Crippen molar-refractivity contribution in [2.45, 2.75) is 13.8 Å². The van der Waals surface area contributed by atoms with Crippen LogP contribution in [0, 0.1) is 5.92 Å². The lowest BCUT2D eigenvalue weighted by molar-refractivity contribution is -0.136. The summed E-state index contributed by atoms with van der Waals surface area (Å²) in [5.41, 5.74) is 1.61. The molecule has 2 aromatic rings. The van der Waals surface area contributed by atoms with Crippen molar-refractivity contribution in [3.63, 3.8) is 0 Å². The topological polar surface area (TPSA) is 90.9 Å². The SMILES string of the molecule is COc1cccc(/C=C/C(=O)OCC(=O)c2ccc(NC(=O)C(C)C)cc2)c1OC. The van der Waals surface area contributed by atoms with E-state index in [0.29, 0.717) is 28.3 Å². The third-order valence-electron chi connectivity index (χ3n) is 4.18. The Balaban J connectivity index is 1.92. The molecule has 0 radical (unpaired) electrons. The molecular weight excluding hydrogens is 386 g/mol. The molecule has 0 bridgehead atoms. The number of rotatable bonds is 9. The number of Topliss-reactive ketones (excluding diaryl/α,β-unsaturated/α-hetero) is 1. The number of esters is 1. The van der Waals surface area contributed by atoms with Crippen molar-refractivity contribution in [3.8, 4) is 11.5 Å². The van der Waals surface area contributed by atoms with Crippen LogP contribution in [-0.4, -0.2) is 38.5 Å². The highest BCUT2D eigenvalue weighted by Gasteiger charge is 2.11. The minimum absolute atomic E-state index is 0.109. The van der Waals surface area contributed by atoms with Crippen molar-refractivity contribution in [1.82, 2.24) is 0 Å². The summed E-state index contributed by atoms with van der Waals surface area (Å²) in [6.45, 7) is 3.19. The van der Waals surface area contributed by atoms with Gasteiger partial charge in [0.1, 0.15) is 0 Å². The van der Waals surface area contributed by atoms with Gasteiger partial charge in [0.05, 0.1) is 14.2 Å². The molecule has 0 heterocycles. The molecule has 0 saturated heterocycles. The third kappa shape index (κ3) is 6.20. The summed E-state index contributed by atoms with van der Waals surface area (Å²) >= 11 is 0. The summed E-state index contributed by atoms with van der Waals surface area (Å²) in [5, 5.41) is 2.74. The van der Waals surface area contributed by atoms with Gasteiger partial charge in [-0.3, -0.25) is 9.59 Å². The molecule has 1 N–H and O–H groups in total. The standard InChI is InChI=1S/C23H25NO6/c1-15(2)23(27)24-18-11-8-16(9-12-18)19(25)14-30-21(26)13-10-17-6-5-7-20(28-3)22(17)29-4/h5-13,15H,14H2,1-4H3,(H,24,27)/b13-10+. The summed E-state index contributed by atoms with van der Waals surface area (Å²) in [6, 6.07) is 11.7. The molecular formula is C23H25NO6. The van der Waals surface area contributed by atoms with E-state index >= 15 is 0 Å². The van der Waals surface area contributed by atoms with Crippen LogP contribution in [0.15, 0.2) is 48.5 Å². The second kappa shape index (κ2) is 10.8. The summed E-state index contributed by atoms with van der Waals surface area (Å²) in [6.07, 6.45) is 2.75. The fourth-order valence-electron chi connectivity index (χ4n) is 2.50. The number of benzene rings is 2. The smallest absolute Gasteiger partial charge is 0.331 e. The van der Waals surface area contributed by atoms with Crippen LogP contribution in [0.5, 0.6) is 11.5 Å². The van der Waals surface area contributed by atoms with Gasteiger partial charge in [-0.05, 0) is 36.4 Å². The van der Waals surface area contributed by atoms with Gasteiger partial charge in [-0.15, -0.1) is 0 Å². The van der Waals surface area contributed by atoms with Crippen LogP contribution < -0.4 is 14.8 Å². The Hall–Kier alpha value is -3.61. The molecule has 2 rings (SSSR count). The molecule has 0 saturated carbocycles. The molecule has 0 aliphatic carbocycles. The lowest BCUT2D eigenvalue weighted by Gasteiger charge is -2.09. The summed E-state index contributed by atoms with van der Waals surface area (Å²) < 4.78 is 15.5. The average molecular weight is 411 g/mol. The Bertz CT molecular complexity index is 931. The normalized spacial score (nSPS) is 10.7. The van der Waals surface area contributed by atoms with Gasteiger partial charge in [0.25, 0.3) is 0 Å². The first kappa shape index (κ1) is 22.7. The van der Waals surface area contributed by atoms with Crippen LogP contribution in [0.4, 0.5) is 5.69 Å². The van der Waals surface area contributed by atoms with Gasteiger partial charge < -0.3 is 19.5 Å². The van der Waals surface area contributed by atoms with E-state index in [1.165, 1.54) is 26.4 Å². The Labute approximate surface area is 175 Å². The Kier molecular flexibility index (Phi) is 8.17. The molecule has 0 aromatic heterocycles. The number of amides is 1. The Morgan fingerprint density at radius 2 is 1.70 bits per heavy atom. The average Bonchev–Trinajstić information content (AvgIpc) is 2.75. The van der Waals surface area contributed by atoms with E-state index in [9.17, 15) is 14.4 Å². The molecule has 0 aliphatic heterocycles. The van der Waals surface area contributed by atoms with E-state index in [0.717, 1.165) is 0 Å². The van der Waals surface area contributed by atoms with Crippen LogP contribution in [0.2, 0.25) is 0 Å². The predicted molar refractivity (Wildman–Crippen MR) is 114 cm³/mol. The number of hydrogen-bond donors (Lipinski definition) is 1. The van der Waals surface area contributed by atoms with Gasteiger partial charge in [0, 0.05) is 28.8 Å². The lowest BCUT2D eigenvalue weighted by Crippen LogP contribution is -2.18.